The van der Waals surface area contributed by atoms with E-state index in [4.69, 9.17) is 0 Å². The second-order valence-electron chi connectivity index (χ2n) is 6.04. The third kappa shape index (κ3) is 3.71. The molecule has 0 aromatic heterocycles. The van der Waals surface area contributed by atoms with Crippen LogP contribution in [0.2, 0.25) is 0 Å². The zero-order valence-electron chi connectivity index (χ0n) is 12.4. The molecule has 0 unspecified atom stereocenters. The van der Waals surface area contributed by atoms with E-state index in [0.29, 0.717) is 0 Å². The van der Waals surface area contributed by atoms with E-state index < -0.39 is 0 Å². The molecule has 3 rings (SSSR count). The van der Waals surface area contributed by atoms with Crippen LogP contribution in [0.1, 0.15) is 36.0 Å². The van der Waals surface area contributed by atoms with Crippen molar-refractivity contribution in [3.8, 4) is 0 Å². The molecule has 2 heteroatoms. The lowest BCUT2D eigenvalue weighted by Gasteiger charge is -2.17. The van der Waals surface area contributed by atoms with Gasteiger partial charge < -0.3 is 5.32 Å². The first kappa shape index (κ1) is 13.8. The molecule has 1 N–H and O–H groups in total. The van der Waals surface area contributed by atoms with Crippen molar-refractivity contribution < 1.29 is 0 Å². The Hall–Kier alpha value is -1.12. The van der Waals surface area contributed by atoms with E-state index >= 15 is 0 Å². The lowest BCUT2D eigenvalue weighted by Crippen LogP contribution is -2.28. The average Bonchev–Trinajstić information content (AvgIpc) is 2.76. The number of nitrogens with one attached hydrogen (secondary N) is 1. The average molecular weight is 270 g/mol. The Morgan fingerprint density at radius 3 is 2.85 bits per heavy atom. The minimum atomic E-state index is 1.08. The van der Waals surface area contributed by atoms with Crippen LogP contribution in [0.5, 0.6) is 0 Å². The number of fused-ring (bicyclic) bond motifs is 1. The predicted octanol–water partition coefficient (Wildman–Crippen LogP) is 2.87. The molecular formula is C18H26N2. The summed E-state index contributed by atoms with van der Waals surface area (Å²) in [5.74, 6) is 0. The summed E-state index contributed by atoms with van der Waals surface area (Å²) >= 11 is 0. The third-order valence-electron chi connectivity index (χ3n) is 4.48. The first-order chi connectivity index (χ1) is 9.92. The number of aryl methyl sites for hydroxylation is 2. The molecule has 1 aromatic rings. The summed E-state index contributed by atoms with van der Waals surface area (Å²) < 4.78 is 0. The Labute approximate surface area is 122 Å². The molecule has 0 atom stereocenters. The first-order valence-electron chi connectivity index (χ1n) is 8.13. The Balaban J connectivity index is 1.58. The molecule has 0 spiro atoms. The van der Waals surface area contributed by atoms with Gasteiger partial charge in [0.15, 0.2) is 0 Å². The van der Waals surface area contributed by atoms with Gasteiger partial charge in [-0.25, -0.2) is 0 Å². The van der Waals surface area contributed by atoms with Gasteiger partial charge in [0.2, 0.25) is 0 Å². The number of rotatable bonds is 3. The zero-order valence-corrected chi connectivity index (χ0v) is 12.4. The smallest absolute Gasteiger partial charge is 0.0167 e. The van der Waals surface area contributed by atoms with Crippen LogP contribution in [0.15, 0.2) is 24.3 Å². The van der Waals surface area contributed by atoms with Crippen molar-refractivity contribution in [3.63, 3.8) is 0 Å². The van der Waals surface area contributed by atoms with Crippen molar-refractivity contribution in [2.45, 2.75) is 32.1 Å². The second-order valence-corrected chi connectivity index (χ2v) is 6.04. The Morgan fingerprint density at radius 1 is 1.00 bits per heavy atom. The Bertz CT molecular complexity index is 456. The fourth-order valence-electron chi connectivity index (χ4n) is 3.28. The van der Waals surface area contributed by atoms with Gasteiger partial charge in [-0.3, -0.25) is 4.90 Å². The normalized spacial score (nSPS) is 20.8. The lowest BCUT2D eigenvalue weighted by molar-refractivity contribution is 0.324. The highest BCUT2D eigenvalue weighted by molar-refractivity contribution is 5.52. The number of nitrogens with zero attached hydrogens (tertiary/aromatic N) is 1. The van der Waals surface area contributed by atoms with Crippen LogP contribution in [0.25, 0.3) is 6.08 Å². The van der Waals surface area contributed by atoms with Crippen LogP contribution in [-0.4, -0.2) is 37.6 Å². The van der Waals surface area contributed by atoms with E-state index in [1.54, 1.807) is 11.1 Å². The zero-order chi connectivity index (χ0) is 13.6. The van der Waals surface area contributed by atoms with E-state index in [1.165, 1.54) is 57.3 Å². The summed E-state index contributed by atoms with van der Waals surface area (Å²) in [6.45, 7) is 5.78. The summed E-state index contributed by atoms with van der Waals surface area (Å²) in [5.41, 5.74) is 4.53. The molecule has 0 amide bonds. The molecule has 0 bridgehead atoms. The van der Waals surface area contributed by atoms with Gasteiger partial charge in [0.05, 0.1) is 0 Å². The maximum absolute atomic E-state index is 3.45. The quantitative estimate of drug-likeness (QED) is 0.908. The molecule has 2 aliphatic rings. The van der Waals surface area contributed by atoms with Crippen LogP contribution in [0, 0.1) is 0 Å². The van der Waals surface area contributed by atoms with Crippen molar-refractivity contribution in [1.82, 2.24) is 10.2 Å². The van der Waals surface area contributed by atoms with E-state index in [-0.39, 0.29) is 0 Å². The Kier molecular flexibility index (Phi) is 4.88. The highest BCUT2D eigenvalue weighted by atomic mass is 15.1. The first-order valence-corrected chi connectivity index (χ1v) is 8.13. The van der Waals surface area contributed by atoms with Crippen molar-refractivity contribution in [2.75, 3.05) is 32.7 Å². The largest absolute Gasteiger partial charge is 0.315 e. The van der Waals surface area contributed by atoms with E-state index in [0.717, 1.165) is 13.1 Å². The Morgan fingerprint density at radius 2 is 1.90 bits per heavy atom. The van der Waals surface area contributed by atoms with Gasteiger partial charge in [0, 0.05) is 19.6 Å². The number of hydrogen-bond acceptors (Lipinski definition) is 2. The number of hydrogen-bond donors (Lipinski definition) is 1. The second kappa shape index (κ2) is 7.05. The van der Waals surface area contributed by atoms with Gasteiger partial charge in [-0.1, -0.05) is 30.4 Å². The lowest BCUT2D eigenvalue weighted by atomic mass is 9.90. The summed E-state index contributed by atoms with van der Waals surface area (Å²) in [7, 11) is 0. The molecule has 0 radical (unpaired) electrons. The summed E-state index contributed by atoms with van der Waals surface area (Å²) in [4.78, 5) is 2.54. The molecule has 1 aliphatic heterocycles. The standard InChI is InChI=1S/C18H26N2/c1-2-7-18-15-16(8-9-17(18)6-1)5-3-12-20-13-4-10-19-11-14-20/h3,5,8-9,15,19H,1-2,4,6-7,10-14H2/b5-3+. The monoisotopic (exact) mass is 270 g/mol. The van der Waals surface area contributed by atoms with Gasteiger partial charge in [-0.2, -0.15) is 0 Å². The molecule has 1 saturated heterocycles. The van der Waals surface area contributed by atoms with E-state index in [1.807, 2.05) is 0 Å². The highest BCUT2D eigenvalue weighted by Crippen LogP contribution is 2.22. The molecule has 1 aliphatic carbocycles. The van der Waals surface area contributed by atoms with Gasteiger partial charge in [0.25, 0.3) is 0 Å². The van der Waals surface area contributed by atoms with Crippen LogP contribution in [-0.2, 0) is 12.8 Å². The number of benzene rings is 1. The summed E-state index contributed by atoms with van der Waals surface area (Å²) in [6, 6.07) is 7.02. The summed E-state index contributed by atoms with van der Waals surface area (Å²) in [6.07, 6.45) is 11.2. The van der Waals surface area contributed by atoms with Gasteiger partial charge >= 0.3 is 0 Å². The molecule has 0 saturated carbocycles. The van der Waals surface area contributed by atoms with Crippen molar-refractivity contribution in [3.05, 3.63) is 41.0 Å². The van der Waals surface area contributed by atoms with Crippen molar-refractivity contribution in [2.24, 2.45) is 0 Å². The predicted molar refractivity (Wildman–Crippen MR) is 86.0 cm³/mol. The van der Waals surface area contributed by atoms with Crippen LogP contribution in [0.4, 0.5) is 0 Å². The van der Waals surface area contributed by atoms with E-state index in [2.05, 4.69) is 40.6 Å². The van der Waals surface area contributed by atoms with E-state index in [9.17, 15) is 0 Å². The van der Waals surface area contributed by atoms with Crippen molar-refractivity contribution >= 4 is 6.08 Å². The molecule has 1 heterocycles. The van der Waals surface area contributed by atoms with Gasteiger partial charge in [0.1, 0.15) is 0 Å². The van der Waals surface area contributed by atoms with Gasteiger partial charge in [-0.05, 0) is 61.9 Å². The molecule has 20 heavy (non-hydrogen) atoms. The molecular weight excluding hydrogens is 244 g/mol. The third-order valence-corrected chi connectivity index (χ3v) is 4.48. The molecule has 1 fully saturated rings. The minimum Gasteiger partial charge on any atom is -0.315 e. The molecule has 2 nitrogen and oxygen atoms in total. The fourth-order valence-corrected chi connectivity index (χ4v) is 3.28. The minimum absolute atomic E-state index is 1.08. The SMILES string of the molecule is C(=C\c1ccc2c(c1)CCCC2)/CN1CCCNCC1. The summed E-state index contributed by atoms with van der Waals surface area (Å²) in [5, 5.41) is 3.45. The maximum atomic E-state index is 3.45. The topological polar surface area (TPSA) is 15.3 Å². The maximum Gasteiger partial charge on any atom is 0.0167 e. The molecule has 1 aromatic carbocycles. The van der Waals surface area contributed by atoms with Crippen LogP contribution in [0.3, 0.4) is 0 Å². The fraction of sp³-hybridized carbons (Fsp3) is 0.556. The molecule has 108 valence electrons. The van der Waals surface area contributed by atoms with Crippen LogP contribution >= 0.6 is 0 Å². The van der Waals surface area contributed by atoms with Gasteiger partial charge in [-0.15, -0.1) is 0 Å². The van der Waals surface area contributed by atoms with Crippen LogP contribution < -0.4 is 5.32 Å². The highest BCUT2D eigenvalue weighted by Gasteiger charge is 2.09. The van der Waals surface area contributed by atoms with Crippen molar-refractivity contribution in [1.29, 1.82) is 0 Å².